The van der Waals surface area contributed by atoms with Crippen molar-refractivity contribution in [3.05, 3.63) is 0 Å². The Morgan fingerprint density at radius 1 is 1.09 bits per heavy atom. The summed E-state index contributed by atoms with van der Waals surface area (Å²) in [6.45, 7) is 2.22. The summed E-state index contributed by atoms with van der Waals surface area (Å²) in [6.07, 6.45) is 6.60. The van der Waals surface area contributed by atoms with Crippen LogP contribution in [0.2, 0.25) is 0 Å². The van der Waals surface area contributed by atoms with E-state index in [2.05, 4.69) is 6.92 Å². The molecule has 0 heterocycles. The Labute approximate surface area is 68.8 Å². The van der Waals surface area contributed by atoms with Crippen molar-refractivity contribution in [2.45, 2.75) is 45.1 Å². The third-order valence-electron chi connectivity index (χ3n) is 3.82. The van der Waals surface area contributed by atoms with Crippen molar-refractivity contribution in [2.75, 3.05) is 0 Å². The molecule has 3 rings (SSSR count). The molecular formula is C10H18O. The molecule has 0 saturated heterocycles. The molecule has 0 aromatic carbocycles. The van der Waals surface area contributed by atoms with Gasteiger partial charge in [0.05, 0.1) is 6.10 Å². The van der Waals surface area contributed by atoms with Crippen LogP contribution in [0.15, 0.2) is 0 Å². The van der Waals surface area contributed by atoms with E-state index in [9.17, 15) is 5.11 Å². The summed E-state index contributed by atoms with van der Waals surface area (Å²) in [4.78, 5) is 0. The second-order valence-corrected chi connectivity index (χ2v) is 4.24. The number of hydrogen-bond acceptors (Lipinski definition) is 1. The van der Waals surface area contributed by atoms with E-state index < -0.39 is 0 Å². The highest BCUT2D eigenvalue weighted by molar-refractivity contribution is 4.91. The molecule has 3 saturated carbocycles. The van der Waals surface area contributed by atoms with Gasteiger partial charge in [-0.3, -0.25) is 0 Å². The van der Waals surface area contributed by atoms with Gasteiger partial charge in [0.2, 0.25) is 0 Å². The van der Waals surface area contributed by atoms with Crippen LogP contribution in [0.4, 0.5) is 0 Å². The molecule has 11 heavy (non-hydrogen) atoms. The molecule has 2 unspecified atom stereocenters. The van der Waals surface area contributed by atoms with Gasteiger partial charge in [-0.2, -0.15) is 0 Å². The fourth-order valence-electron chi connectivity index (χ4n) is 3.12. The highest BCUT2D eigenvalue weighted by atomic mass is 16.3. The van der Waals surface area contributed by atoms with Gasteiger partial charge in [0.1, 0.15) is 0 Å². The van der Waals surface area contributed by atoms with Gasteiger partial charge in [0.15, 0.2) is 0 Å². The van der Waals surface area contributed by atoms with Crippen molar-refractivity contribution in [1.29, 1.82) is 0 Å². The van der Waals surface area contributed by atoms with E-state index in [4.69, 9.17) is 0 Å². The Hall–Kier alpha value is -0.0400. The zero-order valence-corrected chi connectivity index (χ0v) is 7.29. The minimum absolute atomic E-state index is 0.0486. The molecular weight excluding hydrogens is 136 g/mol. The van der Waals surface area contributed by atoms with E-state index in [1.807, 2.05) is 0 Å². The molecule has 0 aromatic heterocycles. The second kappa shape index (κ2) is 2.78. The smallest absolute Gasteiger partial charge is 0.0599 e. The summed E-state index contributed by atoms with van der Waals surface area (Å²) in [6, 6.07) is 0. The SMILES string of the molecule is CCC1C2CCC(CC2)C1O. The normalized spacial score (nSPS) is 49.6. The lowest BCUT2D eigenvalue weighted by atomic mass is 9.62. The molecule has 0 radical (unpaired) electrons. The van der Waals surface area contributed by atoms with Crippen LogP contribution in [0.1, 0.15) is 39.0 Å². The fraction of sp³-hybridized carbons (Fsp3) is 1.00. The summed E-state index contributed by atoms with van der Waals surface area (Å²) in [7, 11) is 0. The molecule has 1 nitrogen and oxygen atoms in total. The van der Waals surface area contributed by atoms with Gasteiger partial charge in [-0.05, 0) is 43.4 Å². The molecule has 2 bridgehead atoms. The largest absolute Gasteiger partial charge is 0.393 e. The molecule has 1 N–H and O–H groups in total. The molecule has 0 aromatic rings. The summed E-state index contributed by atoms with van der Waals surface area (Å²) < 4.78 is 0. The zero-order chi connectivity index (χ0) is 7.84. The van der Waals surface area contributed by atoms with Gasteiger partial charge in [-0.25, -0.2) is 0 Å². The summed E-state index contributed by atoms with van der Waals surface area (Å²) in [5.41, 5.74) is 0. The second-order valence-electron chi connectivity index (χ2n) is 4.24. The van der Waals surface area contributed by atoms with E-state index in [0.29, 0.717) is 11.8 Å². The van der Waals surface area contributed by atoms with E-state index >= 15 is 0 Å². The van der Waals surface area contributed by atoms with Gasteiger partial charge in [0, 0.05) is 0 Å². The van der Waals surface area contributed by atoms with Crippen LogP contribution in [0.5, 0.6) is 0 Å². The maximum Gasteiger partial charge on any atom is 0.0599 e. The average Bonchev–Trinajstić information content (AvgIpc) is 2.06. The van der Waals surface area contributed by atoms with Crippen LogP contribution < -0.4 is 0 Å². The molecule has 3 fully saturated rings. The van der Waals surface area contributed by atoms with Crippen molar-refractivity contribution in [2.24, 2.45) is 17.8 Å². The molecule has 1 heteroatoms. The minimum Gasteiger partial charge on any atom is -0.393 e. The number of fused-ring (bicyclic) bond motifs is 3. The predicted octanol–water partition coefficient (Wildman–Crippen LogP) is 2.19. The van der Waals surface area contributed by atoms with Crippen LogP contribution in [0.25, 0.3) is 0 Å². The maximum absolute atomic E-state index is 9.86. The van der Waals surface area contributed by atoms with Crippen molar-refractivity contribution >= 4 is 0 Å². The van der Waals surface area contributed by atoms with E-state index in [0.717, 1.165) is 5.92 Å². The van der Waals surface area contributed by atoms with Crippen LogP contribution in [-0.4, -0.2) is 11.2 Å². The van der Waals surface area contributed by atoms with Gasteiger partial charge >= 0.3 is 0 Å². The van der Waals surface area contributed by atoms with Crippen molar-refractivity contribution < 1.29 is 5.11 Å². The van der Waals surface area contributed by atoms with Crippen LogP contribution in [-0.2, 0) is 0 Å². The van der Waals surface area contributed by atoms with Gasteiger partial charge in [-0.15, -0.1) is 0 Å². The van der Waals surface area contributed by atoms with Crippen molar-refractivity contribution in [1.82, 2.24) is 0 Å². The van der Waals surface area contributed by atoms with Crippen molar-refractivity contribution in [3.8, 4) is 0 Å². The molecule has 0 amide bonds. The van der Waals surface area contributed by atoms with Crippen molar-refractivity contribution in [3.63, 3.8) is 0 Å². The Morgan fingerprint density at radius 2 is 1.64 bits per heavy atom. The highest BCUT2D eigenvalue weighted by Gasteiger charge is 2.41. The summed E-state index contributed by atoms with van der Waals surface area (Å²) in [5.74, 6) is 2.16. The van der Waals surface area contributed by atoms with Crippen LogP contribution in [0.3, 0.4) is 0 Å². The summed E-state index contributed by atoms with van der Waals surface area (Å²) >= 11 is 0. The topological polar surface area (TPSA) is 20.2 Å². The van der Waals surface area contributed by atoms with E-state index in [1.54, 1.807) is 0 Å². The van der Waals surface area contributed by atoms with E-state index in [1.165, 1.54) is 32.1 Å². The van der Waals surface area contributed by atoms with Gasteiger partial charge in [0.25, 0.3) is 0 Å². The zero-order valence-electron chi connectivity index (χ0n) is 7.29. The lowest BCUT2D eigenvalue weighted by Gasteiger charge is -2.46. The predicted molar refractivity (Wildman–Crippen MR) is 45.2 cm³/mol. The molecule has 3 aliphatic rings. The molecule has 0 aliphatic heterocycles. The number of aliphatic hydroxyl groups is 1. The Morgan fingerprint density at radius 3 is 2.00 bits per heavy atom. The quantitative estimate of drug-likeness (QED) is 0.614. The van der Waals surface area contributed by atoms with Crippen LogP contribution in [0, 0.1) is 17.8 Å². The molecule has 0 spiro atoms. The first-order valence-corrected chi connectivity index (χ1v) is 5.01. The van der Waals surface area contributed by atoms with Crippen LogP contribution >= 0.6 is 0 Å². The van der Waals surface area contributed by atoms with E-state index in [-0.39, 0.29) is 6.10 Å². The highest BCUT2D eigenvalue weighted by Crippen LogP contribution is 2.46. The monoisotopic (exact) mass is 154 g/mol. The van der Waals surface area contributed by atoms with Gasteiger partial charge < -0.3 is 5.11 Å². The minimum atomic E-state index is 0.0486. The molecule has 2 atom stereocenters. The summed E-state index contributed by atoms with van der Waals surface area (Å²) in [5, 5.41) is 9.86. The Balaban J connectivity index is 2.10. The standard InChI is InChI=1S/C10H18O/c1-2-9-7-3-5-8(6-4-7)10(9)11/h7-11H,2-6H2,1H3. The first-order chi connectivity index (χ1) is 5.33. The number of rotatable bonds is 1. The molecule has 3 aliphatic carbocycles. The fourth-order valence-corrected chi connectivity index (χ4v) is 3.12. The van der Waals surface area contributed by atoms with Gasteiger partial charge in [-0.1, -0.05) is 13.3 Å². The lowest BCUT2D eigenvalue weighted by Crippen LogP contribution is -2.43. The Kier molecular flexibility index (Phi) is 1.92. The Bertz CT molecular complexity index is 134. The average molecular weight is 154 g/mol. The maximum atomic E-state index is 9.86. The first kappa shape index (κ1) is 7.60. The third kappa shape index (κ3) is 1.10. The first-order valence-electron chi connectivity index (χ1n) is 5.01. The number of aliphatic hydroxyl groups excluding tert-OH is 1. The molecule has 64 valence electrons. The third-order valence-corrected chi connectivity index (χ3v) is 3.82. The lowest BCUT2D eigenvalue weighted by molar-refractivity contribution is -0.0564. The number of hydrogen-bond donors (Lipinski definition) is 1.